The summed E-state index contributed by atoms with van der Waals surface area (Å²) < 4.78 is 1.75. The Morgan fingerprint density at radius 1 is 1.29 bits per heavy atom. The summed E-state index contributed by atoms with van der Waals surface area (Å²) in [4.78, 5) is 9.00. The minimum atomic E-state index is 0.375. The largest absolute Gasteiger partial charge is 0.373 e. The predicted molar refractivity (Wildman–Crippen MR) is 67.9 cm³/mol. The summed E-state index contributed by atoms with van der Waals surface area (Å²) in [5, 5.41) is 7.20. The van der Waals surface area contributed by atoms with Crippen LogP contribution in [0.5, 0.6) is 0 Å². The number of aromatic nitrogens is 4. The molecule has 5 nitrogen and oxygen atoms in total. The van der Waals surface area contributed by atoms with Crippen LogP contribution in [0.4, 0.5) is 5.82 Å². The van der Waals surface area contributed by atoms with Crippen LogP contribution in [0.1, 0.15) is 25.5 Å². The van der Waals surface area contributed by atoms with Gasteiger partial charge in [0.05, 0.1) is 11.8 Å². The van der Waals surface area contributed by atoms with E-state index in [1.165, 1.54) is 0 Å². The number of hydrogen-bond donors (Lipinski definition) is 1. The van der Waals surface area contributed by atoms with Crippen molar-refractivity contribution in [1.29, 1.82) is 0 Å². The van der Waals surface area contributed by atoms with E-state index in [9.17, 15) is 0 Å². The fraction of sp³-hybridized carbons (Fsp3) is 0.417. The van der Waals surface area contributed by atoms with E-state index in [1.807, 2.05) is 26.4 Å². The van der Waals surface area contributed by atoms with Crippen molar-refractivity contribution in [2.24, 2.45) is 7.05 Å². The molecular formula is C12H17N5. The second-order valence-electron chi connectivity index (χ2n) is 4.31. The molecule has 2 aromatic heterocycles. The van der Waals surface area contributed by atoms with Gasteiger partial charge in [-0.05, 0) is 5.92 Å². The van der Waals surface area contributed by atoms with E-state index < -0.39 is 0 Å². The molecule has 0 amide bonds. The van der Waals surface area contributed by atoms with Crippen molar-refractivity contribution in [2.75, 3.05) is 12.4 Å². The molecule has 2 aromatic rings. The zero-order valence-electron chi connectivity index (χ0n) is 10.6. The van der Waals surface area contributed by atoms with Crippen molar-refractivity contribution < 1.29 is 0 Å². The molecule has 0 atom stereocenters. The van der Waals surface area contributed by atoms with E-state index in [0.29, 0.717) is 11.7 Å². The van der Waals surface area contributed by atoms with Crippen LogP contribution in [0.2, 0.25) is 0 Å². The predicted octanol–water partition coefficient (Wildman–Crippen LogP) is 2.04. The number of hydrogen-bond acceptors (Lipinski definition) is 4. The molecule has 1 N–H and O–H groups in total. The lowest BCUT2D eigenvalue weighted by Crippen LogP contribution is -2.01. The van der Waals surface area contributed by atoms with Crippen LogP contribution >= 0.6 is 0 Å². The maximum Gasteiger partial charge on any atom is 0.164 e. The van der Waals surface area contributed by atoms with Gasteiger partial charge in [-0.15, -0.1) is 0 Å². The molecule has 5 heteroatoms. The van der Waals surface area contributed by atoms with Gasteiger partial charge in [0.25, 0.3) is 0 Å². The molecule has 2 heterocycles. The number of anilines is 1. The first kappa shape index (κ1) is 11.6. The maximum absolute atomic E-state index is 4.56. The Labute approximate surface area is 101 Å². The molecule has 0 aromatic carbocycles. The summed E-state index contributed by atoms with van der Waals surface area (Å²) in [5.74, 6) is 1.93. The van der Waals surface area contributed by atoms with Gasteiger partial charge in [-0.3, -0.25) is 4.68 Å². The van der Waals surface area contributed by atoms with Gasteiger partial charge in [-0.1, -0.05) is 13.8 Å². The van der Waals surface area contributed by atoms with Crippen LogP contribution in [0.25, 0.3) is 11.4 Å². The smallest absolute Gasteiger partial charge is 0.164 e. The molecule has 0 saturated heterocycles. The molecule has 0 spiro atoms. The quantitative estimate of drug-likeness (QED) is 0.878. The number of nitrogens with zero attached hydrogens (tertiary/aromatic N) is 4. The first-order valence-corrected chi connectivity index (χ1v) is 5.66. The summed E-state index contributed by atoms with van der Waals surface area (Å²) in [5.41, 5.74) is 1.97. The molecule has 0 aliphatic rings. The van der Waals surface area contributed by atoms with Crippen LogP contribution in [-0.2, 0) is 7.05 Å². The summed E-state index contributed by atoms with van der Waals surface area (Å²) >= 11 is 0. The zero-order valence-corrected chi connectivity index (χ0v) is 10.6. The summed E-state index contributed by atoms with van der Waals surface area (Å²) in [6, 6.07) is 1.98. The fourth-order valence-electron chi connectivity index (χ4n) is 1.56. The summed E-state index contributed by atoms with van der Waals surface area (Å²) in [7, 11) is 3.74. The van der Waals surface area contributed by atoms with E-state index in [0.717, 1.165) is 17.1 Å². The van der Waals surface area contributed by atoms with Crippen molar-refractivity contribution in [2.45, 2.75) is 19.8 Å². The second kappa shape index (κ2) is 4.53. The third kappa shape index (κ3) is 2.43. The normalized spacial score (nSPS) is 10.9. The standard InChI is InChI=1S/C12H17N5/c1-8(2)10-5-11(13-3)16-12(15-10)9-6-14-17(4)7-9/h5-8H,1-4H3,(H,13,15,16). The van der Waals surface area contributed by atoms with Gasteiger partial charge in [-0.25, -0.2) is 9.97 Å². The molecule has 0 fully saturated rings. The Morgan fingerprint density at radius 3 is 2.59 bits per heavy atom. The van der Waals surface area contributed by atoms with E-state index in [2.05, 4.69) is 34.2 Å². The van der Waals surface area contributed by atoms with Crippen LogP contribution in [0.15, 0.2) is 18.5 Å². The van der Waals surface area contributed by atoms with Gasteiger partial charge in [0.1, 0.15) is 5.82 Å². The Hall–Kier alpha value is -1.91. The average Bonchev–Trinajstić information content (AvgIpc) is 2.75. The first-order chi connectivity index (χ1) is 8.10. The van der Waals surface area contributed by atoms with E-state index in [-0.39, 0.29) is 0 Å². The third-order valence-electron chi connectivity index (χ3n) is 2.56. The average molecular weight is 231 g/mol. The lowest BCUT2D eigenvalue weighted by Gasteiger charge is -2.08. The molecule has 0 aliphatic heterocycles. The SMILES string of the molecule is CNc1cc(C(C)C)nc(-c2cnn(C)c2)n1. The van der Waals surface area contributed by atoms with Gasteiger partial charge in [-0.2, -0.15) is 5.10 Å². The molecule has 0 radical (unpaired) electrons. The van der Waals surface area contributed by atoms with Gasteiger partial charge in [0.2, 0.25) is 0 Å². The van der Waals surface area contributed by atoms with Crippen LogP contribution in [0, 0.1) is 0 Å². The van der Waals surface area contributed by atoms with Crippen LogP contribution in [-0.4, -0.2) is 26.8 Å². The summed E-state index contributed by atoms with van der Waals surface area (Å²) in [6.45, 7) is 4.24. The van der Waals surface area contributed by atoms with Gasteiger partial charge in [0.15, 0.2) is 5.82 Å². The van der Waals surface area contributed by atoms with Crippen molar-refractivity contribution in [3.05, 3.63) is 24.2 Å². The van der Waals surface area contributed by atoms with E-state index >= 15 is 0 Å². The van der Waals surface area contributed by atoms with Crippen LogP contribution in [0.3, 0.4) is 0 Å². The summed E-state index contributed by atoms with van der Waals surface area (Å²) in [6.07, 6.45) is 3.69. The monoisotopic (exact) mass is 231 g/mol. The molecule has 90 valence electrons. The highest BCUT2D eigenvalue weighted by Gasteiger charge is 2.10. The van der Waals surface area contributed by atoms with Crippen molar-refractivity contribution in [1.82, 2.24) is 19.7 Å². The van der Waals surface area contributed by atoms with E-state index in [4.69, 9.17) is 0 Å². The maximum atomic E-state index is 4.56. The highest BCUT2D eigenvalue weighted by molar-refractivity contribution is 5.55. The first-order valence-electron chi connectivity index (χ1n) is 5.66. The Bertz CT molecular complexity index is 515. The van der Waals surface area contributed by atoms with Gasteiger partial charge < -0.3 is 5.32 Å². The lowest BCUT2D eigenvalue weighted by molar-refractivity contribution is 0.767. The molecule has 0 unspecified atom stereocenters. The molecule has 0 bridgehead atoms. The van der Waals surface area contributed by atoms with Crippen LogP contribution < -0.4 is 5.32 Å². The fourth-order valence-corrected chi connectivity index (χ4v) is 1.56. The number of rotatable bonds is 3. The lowest BCUT2D eigenvalue weighted by atomic mass is 10.1. The third-order valence-corrected chi connectivity index (χ3v) is 2.56. The molecular weight excluding hydrogens is 214 g/mol. The number of aryl methyl sites for hydroxylation is 1. The highest BCUT2D eigenvalue weighted by atomic mass is 15.2. The van der Waals surface area contributed by atoms with Crippen molar-refractivity contribution in [3.63, 3.8) is 0 Å². The van der Waals surface area contributed by atoms with Gasteiger partial charge >= 0.3 is 0 Å². The minimum Gasteiger partial charge on any atom is -0.373 e. The number of nitrogens with one attached hydrogen (secondary N) is 1. The zero-order chi connectivity index (χ0) is 12.4. The molecule has 0 aliphatic carbocycles. The van der Waals surface area contributed by atoms with Crippen molar-refractivity contribution in [3.8, 4) is 11.4 Å². The van der Waals surface area contributed by atoms with Gasteiger partial charge in [0, 0.05) is 32.1 Å². The van der Waals surface area contributed by atoms with E-state index in [1.54, 1.807) is 10.9 Å². The Balaban J connectivity index is 2.49. The molecule has 2 rings (SSSR count). The highest BCUT2D eigenvalue weighted by Crippen LogP contribution is 2.21. The molecule has 0 saturated carbocycles. The molecule has 17 heavy (non-hydrogen) atoms. The Morgan fingerprint density at radius 2 is 2.06 bits per heavy atom. The topological polar surface area (TPSA) is 55.6 Å². The minimum absolute atomic E-state index is 0.375. The Kier molecular flexibility index (Phi) is 3.08. The second-order valence-corrected chi connectivity index (χ2v) is 4.31. The van der Waals surface area contributed by atoms with Crippen molar-refractivity contribution >= 4 is 5.82 Å².